The number of amides is 1. The summed E-state index contributed by atoms with van der Waals surface area (Å²) >= 11 is 0. The molecule has 0 radical (unpaired) electrons. The first-order valence-electron chi connectivity index (χ1n) is 9.66. The molecule has 3 rings (SSSR count). The summed E-state index contributed by atoms with van der Waals surface area (Å²) in [5, 5.41) is 0. The average Bonchev–Trinajstić information content (AvgIpc) is 2.67. The summed E-state index contributed by atoms with van der Waals surface area (Å²) in [7, 11) is 0. The van der Waals surface area contributed by atoms with E-state index in [2.05, 4.69) is 4.90 Å². The molecule has 0 aliphatic carbocycles. The van der Waals surface area contributed by atoms with Crippen LogP contribution in [0.4, 0.5) is 8.78 Å². The van der Waals surface area contributed by atoms with E-state index in [9.17, 15) is 13.6 Å². The Kier molecular flexibility index (Phi) is 6.98. The summed E-state index contributed by atoms with van der Waals surface area (Å²) in [6.45, 7) is 2.54. The van der Waals surface area contributed by atoms with Crippen LogP contribution in [-0.4, -0.2) is 30.5 Å². The third-order valence-electron chi connectivity index (χ3n) is 5.15. The van der Waals surface area contributed by atoms with E-state index in [0.717, 1.165) is 44.5 Å². The first-order chi connectivity index (χ1) is 13.5. The quantitative estimate of drug-likeness (QED) is 0.751. The Morgan fingerprint density at radius 3 is 2.68 bits per heavy atom. The molecule has 0 unspecified atom stereocenters. The van der Waals surface area contributed by atoms with Crippen LogP contribution in [0.2, 0.25) is 0 Å². The van der Waals surface area contributed by atoms with Crippen LogP contribution < -0.4 is 10.5 Å². The molecular weight excluding hydrogens is 362 g/mol. The summed E-state index contributed by atoms with van der Waals surface area (Å²) in [6.07, 6.45) is 3.35. The Hall–Kier alpha value is -2.47. The highest BCUT2D eigenvalue weighted by Crippen LogP contribution is 2.25. The Morgan fingerprint density at radius 2 is 1.93 bits per heavy atom. The van der Waals surface area contributed by atoms with Crippen LogP contribution in [0.3, 0.4) is 0 Å². The zero-order valence-corrected chi connectivity index (χ0v) is 15.9. The van der Waals surface area contributed by atoms with E-state index in [1.165, 1.54) is 18.2 Å². The number of nitrogens with zero attached hydrogens (tertiary/aromatic N) is 1. The van der Waals surface area contributed by atoms with Gasteiger partial charge in [-0.2, -0.15) is 0 Å². The standard InChI is InChI=1S/C22H26F2N2O2/c23-20-7-2-8-21(24)19(20)10-9-16-5-3-11-26(13-16)14-17-4-1-6-18(12-17)28-15-22(25)27/h1-2,4,6-8,12,16H,3,5,9-11,13-15H2,(H2,25,27)/t16-/m1/s1. The van der Waals surface area contributed by atoms with Gasteiger partial charge in [0.1, 0.15) is 17.4 Å². The first-order valence-corrected chi connectivity index (χ1v) is 9.66. The minimum absolute atomic E-state index is 0.137. The van der Waals surface area contributed by atoms with E-state index in [0.29, 0.717) is 18.1 Å². The first kappa shape index (κ1) is 20.3. The van der Waals surface area contributed by atoms with Gasteiger partial charge in [-0.15, -0.1) is 0 Å². The Labute approximate surface area is 164 Å². The number of carbonyl (C=O) groups excluding carboxylic acids is 1. The minimum Gasteiger partial charge on any atom is -0.484 e. The Morgan fingerprint density at radius 1 is 1.18 bits per heavy atom. The number of benzene rings is 2. The van der Waals surface area contributed by atoms with Crippen LogP contribution in [0.25, 0.3) is 0 Å². The molecule has 4 nitrogen and oxygen atoms in total. The number of carbonyl (C=O) groups is 1. The minimum atomic E-state index is -0.504. The molecule has 150 valence electrons. The summed E-state index contributed by atoms with van der Waals surface area (Å²) in [5.41, 5.74) is 6.41. The van der Waals surface area contributed by atoms with Crippen molar-refractivity contribution in [2.75, 3.05) is 19.7 Å². The van der Waals surface area contributed by atoms with E-state index in [1.807, 2.05) is 18.2 Å². The van der Waals surface area contributed by atoms with Gasteiger partial charge in [-0.3, -0.25) is 9.69 Å². The van der Waals surface area contributed by atoms with Crippen molar-refractivity contribution < 1.29 is 18.3 Å². The number of likely N-dealkylation sites (tertiary alicyclic amines) is 1. The van der Waals surface area contributed by atoms with Gasteiger partial charge in [-0.25, -0.2) is 8.78 Å². The normalized spacial score (nSPS) is 17.4. The number of halogens is 2. The van der Waals surface area contributed by atoms with Crippen LogP contribution in [0, 0.1) is 17.6 Å². The maximum Gasteiger partial charge on any atom is 0.255 e. The van der Waals surface area contributed by atoms with Crippen molar-refractivity contribution in [2.24, 2.45) is 11.7 Å². The number of primary amides is 1. The molecule has 2 aromatic carbocycles. The topological polar surface area (TPSA) is 55.6 Å². The van der Waals surface area contributed by atoms with Crippen molar-refractivity contribution in [2.45, 2.75) is 32.2 Å². The fraction of sp³-hybridized carbons (Fsp3) is 0.409. The van der Waals surface area contributed by atoms with E-state index < -0.39 is 17.5 Å². The average molecular weight is 388 g/mol. The SMILES string of the molecule is NC(=O)COc1cccc(CN2CCC[C@H](CCc3c(F)cccc3F)C2)c1. The van der Waals surface area contributed by atoms with Gasteiger partial charge in [-0.1, -0.05) is 18.2 Å². The second kappa shape index (κ2) is 9.64. The lowest BCUT2D eigenvalue weighted by Crippen LogP contribution is -2.35. The number of nitrogens with two attached hydrogens (primary N) is 1. The molecule has 1 fully saturated rings. The van der Waals surface area contributed by atoms with Crippen LogP contribution in [0.1, 0.15) is 30.4 Å². The van der Waals surface area contributed by atoms with Gasteiger partial charge in [0.25, 0.3) is 5.91 Å². The zero-order chi connectivity index (χ0) is 19.9. The van der Waals surface area contributed by atoms with Crippen molar-refractivity contribution >= 4 is 5.91 Å². The predicted molar refractivity (Wildman–Crippen MR) is 104 cm³/mol. The van der Waals surface area contributed by atoms with Crippen LogP contribution in [-0.2, 0) is 17.8 Å². The predicted octanol–water partition coefficient (Wildman–Crippen LogP) is 3.67. The van der Waals surface area contributed by atoms with E-state index in [4.69, 9.17) is 10.5 Å². The third kappa shape index (κ3) is 5.76. The number of rotatable bonds is 8. The lowest BCUT2D eigenvalue weighted by atomic mass is 9.91. The molecule has 28 heavy (non-hydrogen) atoms. The van der Waals surface area contributed by atoms with E-state index in [-0.39, 0.29) is 12.2 Å². The van der Waals surface area contributed by atoms with E-state index >= 15 is 0 Å². The number of hydrogen-bond donors (Lipinski definition) is 1. The molecule has 1 atom stereocenters. The van der Waals surface area contributed by atoms with E-state index in [1.54, 1.807) is 6.07 Å². The maximum absolute atomic E-state index is 13.8. The highest BCUT2D eigenvalue weighted by molar-refractivity contribution is 5.75. The fourth-order valence-corrected chi connectivity index (χ4v) is 3.80. The lowest BCUT2D eigenvalue weighted by Gasteiger charge is -2.33. The highest BCUT2D eigenvalue weighted by Gasteiger charge is 2.21. The fourth-order valence-electron chi connectivity index (χ4n) is 3.80. The van der Waals surface area contributed by atoms with Crippen molar-refractivity contribution in [1.29, 1.82) is 0 Å². The molecule has 1 saturated heterocycles. The van der Waals surface area contributed by atoms with Crippen LogP contribution in [0.15, 0.2) is 42.5 Å². The van der Waals surface area contributed by atoms with Crippen LogP contribution in [0.5, 0.6) is 5.75 Å². The van der Waals surface area contributed by atoms with Gasteiger partial charge in [0.2, 0.25) is 0 Å². The molecule has 0 aromatic heterocycles. The van der Waals surface area contributed by atoms with Crippen LogP contribution >= 0.6 is 0 Å². The third-order valence-corrected chi connectivity index (χ3v) is 5.15. The second-order valence-electron chi connectivity index (χ2n) is 7.38. The van der Waals surface area contributed by atoms with Crippen molar-refractivity contribution in [3.05, 3.63) is 65.2 Å². The number of piperidine rings is 1. The lowest BCUT2D eigenvalue weighted by molar-refractivity contribution is -0.119. The maximum atomic E-state index is 13.8. The summed E-state index contributed by atoms with van der Waals surface area (Å²) in [6, 6.07) is 11.7. The molecule has 2 aromatic rings. The van der Waals surface area contributed by atoms with Crippen molar-refractivity contribution in [3.8, 4) is 5.75 Å². The summed E-state index contributed by atoms with van der Waals surface area (Å²) < 4.78 is 33.0. The molecule has 6 heteroatoms. The zero-order valence-electron chi connectivity index (χ0n) is 15.9. The van der Waals surface area contributed by atoms with Gasteiger partial charge in [0, 0.05) is 18.7 Å². The number of ether oxygens (including phenoxy) is 1. The molecule has 1 heterocycles. The summed E-state index contributed by atoms with van der Waals surface area (Å²) in [4.78, 5) is 13.2. The van der Waals surface area contributed by atoms with Gasteiger partial charge in [-0.05, 0) is 68.0 Å². The van der Waals surface area contributed by atoms with Gasteiger partial charge in [0.05, 0.1) is 0 Å². The Balaban J connectivity index is 1.53. The van der Waals surface area contributed by atoms with Gasteiger partial charge >= 0.3 is 0 Å². The molecular formula is C22H26F2N2O2. The summed E-state index contributed by atoms with van der Waals surface area (Å²) in [5.74, 6) is -0.376. The largest absolute Gasteiger partial charge is 0.484 e. The van der Waals surface area contributed by atoms with Gasteiger partial charge < -0.3 is 10.5 Å². The number of hydrogen-bond acceptors (Lipinski definition) is 3. The van der Waals surface area contributed by atoms with Crippen molar-refractivity contribution in [1.82, 2.24) is 4.90 Å². The molecule has 0 saturated carbocycles. The molecule has 1 amide bonds. The molecule has 1 aliphatic heterocycles. The molecule has 2 N–H and O–H groups in total. The van der Waals surface area contributed by atoms with Crippen molar-refractivity contribution in [3.63, 3.8) is 0 Å². The van der Waals surface area contributed by atoms with Gasteiger partial charge in [0.15, 0.2) is 6.61 Å². The molecule has 0 spiro atoms. The second-order valence-corrected chi connectivity index (χ2v) is 7.38. The monoisotopic (exact) mass is 388 g/mol. The Bertz CT molecular complexity index is 793. The smallest absolute Gasteiger partial charge is 0.255 e. The highest BCUT2D eigenvalue weighted by atomic mass is 19.1. The molecule has 0 bridgehead atoms. The molecule has 1 aliphatic rings.